The van der Waals surface area contributed by atoms with Gasteiger partial charge in [-0.2, -0.15) is 0 Å². The van der Waals surface area contributed by atoms with Gasteiger partial charge in [0.2, 0.25) is 0 Å². The Bertz CT molecular complexity index is 575. The van der Waals surface area contributed by atoms with Crippen LogP contribution in [0.2, 0.25) is 5.02 Å². The SMILES string of the molecule is Nc1c(F)cc(F)cc1OCc1cccc(Cl)c1. The Morgan fingerprint density at radius 2 is 1.94 bits per heavy atom. The number of ether oxygens (including phenoxy) is 1. The molecule has 94 valence electrons. The first-order valence-corrected chi connectivity index (χ1v) is 5.56. The molecule has 0 aliphatic rings. The zero-order valence-electron chi connectivity index (χ0n) is 9.29. The van der Waals surface area contributed by atoms with E-state index in [2.05, 4.69) is 0 Å². The molecule has 0 amide bonds. The molecule has 0 fully saturated rings. The largest absolute Gasteiger partial charge is 0.487 e. The lowest BCUT2D eigenvalue weighted by Crippen LogP contribution is -2.01. The van der Waals surface area contributed by atoms with Crippen molar-refractivity contribution in [2.45, 2.75) is 6.61 Å². The Kier molecular flexibility index (Phi) is 3.67. The Morgan fingerprint density at radius 1 is 1.17 bits per heavy atom. The van der Waals surface area contributed by atoms with Gasteiger partial charge in [-0.25, -0.2) is 8.78 Å². The summed E-state index contributed by atoms with van der Waals surface area (Å²) in [5.41, 5.74) is 6.03. The van der Waals surface area contributed by atoms with Gasteiger partial charge in [0, 0.05) is 17.2 Å². The van der Waals surface area contributed by atoms with E-state index in [4.69, 9.17) is 22.1 Å². The average molecular weight is 270 g/mol. The number of nitrogen functional groups attached to an aromatic ring is 1. The molecule has 0 aliphatic heterocycles. The summed E-state index contributed by atoms with van der Waals surface area (Å²) < 4.78 is 31.4. The molecule has 2 N–H and O–H groups in total. The van der Waals surface area contributed by atoms with Gasteiger partial charge in [-0.05, 0) is 17.7 Å². The van der Waals surface area contributed by atoms with Crippen LogP contribution in [0.4, 0.5) is 14.5 Å². The molecule has 0 saturated carbocycles. The number of benzene rings is 2. The van der Waals surface area contributed by atoms with E-state index < -0.39 is 11.6 Å². The summed E-state index contributed by atoms with van der Waals surface area (Å²) in [6.45, 7) is 0.133. The third-order valence-corrected chi connectivity index (χ3v) is 2.57. The van der Waals surface area contributed by atoms with Gasteiger partial charge in [-0.3, -0.25) is 0 Å². The summed E-state index contributed by atoms with van der Waals surface area (Å²) in [4.78, 5) is 0. The van der Waals surface area contributed by atoms with Gasteiger partial charge in [0.15, 0.2) is 5.82 Å². The second-order valence-electron chi connectivity index (χ2n) is 3.72. The van der Waals surface area contributed by atoms with E-state index in [1.54, 1.807) is 24.3 Å². The summed E-state index contributed by atoms with van der Waals surface area (Å²) in [5, 5.41) is 0.564. The van der Waals surface area contributed by atoms with E-state index in [-0.39, 0.29) is 18.0 Å². The molecule has 0 aliphatic carbocycles. The molecule has 2 nitrogen and oxygen atoms in total. The molecular formula is C13H10ClF2NO. The molecule has 18 heavy (non-hydrogen) atoms. The second-order valence-corrected chi connectivity index (χ2v) is 4.15. The van der Waals surface area contributed by atoms with Crippen molar-refractivity contribution < 1.29 is 13.5 Å². The van der Waals surface area contributed by atoms with Gasteiger partial charge in [0.1, 0.15) is 23.9 Å². The average Bonchev–Trinajstić information content (AvgIpc) is 2.32. The quantitative estimate of drug-likeness (QED) is 0.861. The van der Waals surface area contributed by atoms with Crippen LogP contribution in [0.3, 0.4) is 0 Å². The number of hydrogen-bond donors (Lipinski definition) is 1. The Hall–Kier alpha value is -1.81. The number of anilines is 1. The van der Waals surface area contributed by atoms with E-state index in [1.807, 2.05) is 0 Å². The third kappa shape index (κ3) is 2.90. The van der Waals surface area contributed by atoms with Crippen molar-refractivity contribution in [1.29, 1.82) is 0 Å². The maximum atomic E-state index is 13.2. The van der Waals surface area contributed by atoms with Crippen molar-refractivity contribution in [3.8, 4) is 5.75 Å². The van der Waals surface area contributed by atoms with Crippen molar-refractivity contribution in [1.82, 2.24) is 0 Å². The minimum atomic E-state index is -0.837. The number of nitrogens with two attached hydrogens (primary N) is 1. The van der Waals surface area contributed by atoms with Gasteiger partial charge >= 0.3 is 0 Å². The molecular weight excluding hydrogens is 260 g/mol. The van der Waals surface area contributed by atoms with Gasteiger partial charge < -0.3 is 10.5 Å². The first-order chi connectivity index (χ1) is 8.56. The summed E-state index contributed by atoms with van der Waals surface area (Å²) in [6, 6.07) is 8.73. The summed E-state index contributed by atoms with van der Waals surface area (Å²) in [6.07, 6.45) is 0. The van der Waals surface area contributed by atoms with Crippen LogP contribution >= 0.6 is 11.6 Å². The minimum Gasteiger partial charge on any atom is -0.487 e. The van der Waals surface area contributed by atoms with Crippen LogP contribution in [0.1, 0.15) is 5.56 Å². The highest BCUT2D eigenvalue weighted by Gasteiger charge is 2.09. The number of hydrogen-bond acceptors (Lipinski definition) is 2. The highest BCUT2D eigenvalue weighted by Crippen LogP contribution is 2.26. The lowest BCUT2D eigenvalue weighted by atomic mass is 10.2. The third-order valence-electron chi connectivity index (χ3n) is 2.34. The van der Waals surface area contributed by atoms with Crippen molar-refractivity contribution >= 4 is 17.3 Å². The highest BCUT2D eigenvalue weighted by atomic mass is 35.5. The van der Waals surface area contributed by atoms with Crippen LogP contribution < -0.4 is 10.5 Å². The lowest BCUT2D eigenvalue weighted by Gasteiger charge is -2.09. The zero-order valence-corrected chi connectivity index (χ0v) is 10.0. The zero-order chi connectivity index (χ0) is 13.1. The van der Waals surface area contributed by atoms with Crippen molar-refractivity contribution in [3.05, 3.63) is 58.6 Å². The van der Waals surface area contributed by atoms with Crippen molar-refractivity contribution in [2.75, 3.05) is 5.73 Å². The predicted molar refractivity (Wildman–Crippen MR) is 66.6 cm³/mol. The molecule has 2 rings (SSSR count). The normalized spacial score (nSPS) is 10.4. The molecule has 0 spiro atoms. The molecule has 0 radical (unpaired) electrons. The van der Waals surface area contributed by atoms with E-state index in [0.29, 0.717) is 11.1 Å². The first kappa shape index (κ1) is 12.6. The fraction of sp³-hybridized carbons (Fsp3) is 0.0769. The molecule has 0 atom stereocenters. The van der Waals surface area contributed by atoms with Gasteiger partial charge in [-0.15, -0.1) is 0 Å². The Labute approximate surface area is 108 Å². The first-order valence-electron chi connectivity index (χ1n) is 5.18. The molecule has 0 heterocycles. The predicted octanol–water partition coefficient (Wildman–Crippen LogP) is 3.78. The topological polar surface area (TPSA) is 35.2 Å². The number of halogens is 3. The van der Waals surface area contributed by atoms with Crippen LogP contribution in [-0.4, -0.2) is 0 Å². The number of rotatable bonds is 3. The Balaban J connectivity index is 2.15. The lowest BCUT2D eigenvalue weighted by molar-refractivity contribution is 0.305. The van der Waals surface area contributed by atoms with Crippen molar-refractivity contribution in [2.24, 2.45) is 0 Å². The maximum Gasteiger partial charge on any atom is 0.152 e. The smallest absolute Gasteiger partial charge is 0.152 e. The van der Waals surface area contributed by atoms with E-state index in [1.165, 1.54) is 0 Å². The molecule has 2 aromatic rings. The van der Waals surface area contributed by atoms with Gasteiger partial charge in [-0.1, -0.05) is 23.7 Å². The molecule has 0 aromatic heterocycles. The summed E-state index contributed by atoms with van der Waals surface area (Å²) >= 11 is 5.81. The summed E-state index contributed by atoms with van der Waals surface area (Å²) in [7, 11) is 0. The fourth-order valence-corrected chi connectivity index (χ4v) is 1.68. The van der Waals surface area contributed by atoms with Gasteiger partial charge in [0.05, 0.1) is 0 Å². The van der Waals surface area contributed by atoms with E-state index in [0.717, 1.165) is 11.6 Å². The molecule has 5 heteroatoms. The van der Waals surface area contributed by atoms with E-state index in [9.17, 15) is 8.78 Å². The second kappa shape index (κ2) is 5.23. The van der Waals surface area contributed by atoms with Crippen LogP contribution in [0, 0.1) is 11.6 Å². The molecule has 0 bridgehead atoms. The maximum absolute atomic E-state index is 13.2. The van der Waals surface area contributed by atoms with Crippen LogP contribution in [-0.2, 0) is 6.61 Å². The van der Waals surface area contributed by atoms with Gasteiger partial charge in [0.25, 0.3) is 0 Å². The molecule has 2 aromatic carbocycles. The van der Waals surface area contributed by atoms with Crippen LogP contribution in [0.15, 0.2) is 36.4 Å². The standard InChI is InChI=1S/C13H10ClF2NO/c14-9-3-1-2-8(4-9)7-18-12-6-10(15)5-11(16)13(12)17/h1-6H,7,17H2. The Morgan fingerprint density at radius 3 is 2.67 bits per heavy atom. The van der Waals surface area contributed by atoms with Crippen molar-refractivity contribution in [3.63, 3.8) is 0 Å². The van der Waals surface area contributed by atoms with E-state index >= 15 is 0 Å². The highest BCUT2D eigenvalue weighted by molar-refractivity contribution is 6.30. The molecule has 0 unspecified atom stereocenters. The minimum absolute atomic E-state index is 0.0209. The fourth-order valence-electron chi connectivity index (χ4n) is 1.47. The monoisotopic (exact) mass is 269 g/mol. The van der Waals surface area contributed by atoms with Crippen LogP contribution in [0.25, 0.3) is 0 Å². The summed E-state index contributed by atoms with van der Waals surface area (Å²) in [5.74, 6) is -1.59. The van der Waals surface area contributed by atoms with Crippen LogP contribution in [0.5, 0.6) is 5.75 Å². The molecule has 0 saturated heterocycles.